The third kappa shape index (κ3) is 2.47. The lowest BCUT2D eigenvalue weighted by molar-refractivity contribution is -0.136. The first-order chi connectivity index (χ1) is 6.43. The molecule has 0 fully saturated rings. The average Bonchev–Trinajstić information content (AvgIpc) is 2.10. The van der Waals surface area contributed by atoms with Crippen molar-refractivity contribution in [3.05, 3.63) is 24.6 Å². The topological polar surface area (TPSA) is 57.5 Å². The summed E-state index contributed by atoms with van der Waals surface area (Å²) in [6.07, 6.45) is -0.307. The van der Waals surface area contributed by atoms with E-state index in [1.54, 1.807) is 45.2 Å². The molecule has 0 unspecified atom stereocenters. The molecular formula is C8H5FI2O3. The van der Waals surface area contributed by atoms with Crippen LogP contribution in [0.4, 0.5) is 4.39 Å². The number of phenolic OH excluding ortho intramolecular Hbond substituents is 1. The lowest BCUT2D eigenvalue weighted by atomic mass is 10.1. The Hall–Kier alpha value is -0.120. The molecule has 0 spiro atoms. The number of halogens is 3. The zero-order valence-corrected chi connectivity index (χ0v) is 11.0. The van der Waals surface area contributed by atoms with Crippen LogP contribution in [0.3, 0.4) is 0 Å². The molecule has 14 heavy (non-hydrogen) atoms. The third-order valence-electron chi connectivity index (χ3n) is 1.56. The van der Waals surface area contributed by atoms with Gasteiger partial charge in [0, 0.05) is 5.56 Å². The third-order valence-corrected chi connectivity index (χ3v) is 3.33. The SMILES string of the molecule is O=C(O)Cc1cc(I)c(F)c(I)c1O. The first kappa shape index (κ1) is 12.0. The van der Waals surface area contributed by atoms with Crippen molar-refractivity contribution in [3.63, 3.8) is 0 Å². The van der Waals surface area contributed by atoms with Crippen LogP contribution in [0.2, 0.25) is 0 Å². The quantitative estimate of drug-likeness (QED) is 0.569. The van der Waals surface area contributed by atoms with Crippen LogP contribution in [0.15, 0.2) is 6.07 Å². The summed E-state index contributed by atoms with van der Waals surface area (Å²) in [6.45, 7) is 0. The Morgan fingerprint density at radius 1 is 1.50 bits per heavy atom. The summed E-state index contributed by atoms with van der Waals surface area (Å²) < 4.78 is 13.6. The predicted molar refractivity (Wildman–Crippen MR) is 64.8 cm³/mol. The molecule has 0 radical (unpaired) electrons. The van der Waals surface area contributed by atoms with Crippen LogP contribution >= 0.6 is 45.2 Å². The highest BCUT2D eigenvalue weighted by atomic mass is 127. The smallest absolute Gasteiger partial charge is 0.307 e. The van der Waals surface area contributed by atoms with E-state index < -0.39 is 11.8 Å². The zero-order chi connectivity index (χ0) is 10.9. The number of hydrogen-bond acceptors (Lipinski definition) is 2. The van der Waals surface area contributed by atoms with E-state index in [0.717, 1.165) is 0 Å². The molecule has 0 amide bonds. The second-order valence-electron chi connectivity index (χ2n) is 2.56. The first-order valence-corrected chi connectivity index (χ1v) is 5.66. The van der Waals surface area contributed by atoms with Gasteiger partial charge in [0.2, 0.25) is 0 Å². The largest absolute Gasteiger partial charge is 0.506 e. The van der Waals surface area contributed by atoms with Gasteiger partial charge in [-0.15, -0.1) is 0 Å². The maximum absolute atomic E-state index is 13.2. The van der Waals surface area contributed by atoms with Crippen molar-refractivity contribution >= 4 is 51.2 Å². The number of aromatic hydroxyl groups is 1. The lowest BCUT2D eigenvalue weighted by Gasteiger charge is -2.06. The Morgan fingerprint density at radius 2 is 2.07 bits per heavy atom. The summed E-state index contributed by atoms with van der Waals surface area (Å²) in [4.78, 5) is 10.4. The highest BCUT2D eigenvalue weighted by Gasteiger charge is 2.15. The average molecular weight is 422 g/mol. The predicted octanol–water partition coefficient (Wildman–Crippen LogP) is 2.37. The van der Waals surface area contributed by atoms with Gasteiger partial charge in [0.05, 0.1) is 13.6 Å². The zero-order valence-electron chi connectivity index (χ0n) is 6.72. The number of hydrogen-bond donors (Lipinski definition) is 2. The van der Waals surface area contributed by atoms with E-state index in [1.165, 1.54) is 6.07 Å². The van der Waals surface area contributed by atoms with Crippen molar-refractivity contribution in [1.82, 2.24) is 0 Å². The van der Waals surface area contributed by atoms with Gasteiger partial charge >= 0.3 is 5.97 Å². The van der Waals surface area contributed by atoms with Crippen LogP contribution in [0, 0.1) is 13.0 Å². The van der Waals surface area contributed by atoms with E-state index in [1.807, 2.05) is 0 Å². The van der Waals surface area contributed by atoms with Gasteiger partial charge in [-0.05, 0) is 51.2 Å². The standard InChI is InChI=1S/C8H5FI2O3/c9-6-4(10)1-3(2-5(12)13)8(14)7(6)11/h1,14H,2H2,(H,12,13). The molecule has 6 heteroatoms. The molecule has 0 atom stereocenters. The summed E-state index contributed by atoms with van der Waals surface area (Å²) in [5, 5.41) is 18.0. The Kier molecular flexibility index (Phi) is 3.93. The highest BCUT2D eigenvalue weighted by Crippen LogP contribution is 2.30. The van der Waals surface area contributed by atoms with Crippen LogP contribution < -0.4 is 0 Å². The molecule has 0 aliphatic carbocycles. The molecule has 0 aromatic heterocycles. The monoisotopic (exact) mass is 422 g/mol. The molecule has 0 saturated heterocycles. The fourth-order valence-corrected chi connectivity index (χ4v) is 2.73. The fourth-order valence-electron chi connectivity index (χ4n) is 0.932. The number of carbonyl (C=O) groups is 1. The second kappa shape index (κ2) is 4.60. The van der Waals surface area contributed by atoms with Crippen molar-refractivity contribution in [3.8, 4) is 5.75 Å². The summed E-state index contributed by atoms with van der Waals surface area (Å²) in [5.74, 6) is -1.86. The summed E-state index contributed by atoms with van der Waals surface area (Å²) in [7, 11) is 0. The van der Waals surface area contributed by atoms with Gasteiger partial charge in [-0.1, -0.05) is 0 Å². The minimum atomic E-state index is -1.06. The lowest BCUT2D eigenvalue weighted by Crippen LogP contribution is -2.03. The maximum atomic E-state index is 13.2. The molecule has 0 aliphatic heterocycles. The van der Waals surface area contributed by atoms with Crippen molar-refractivity contribution in [1.29, 1.82) is 0 Å². The van der Waals surface area contributed by atoms with E-state index in [9.17, 15) is 14.3 Å². The number of benzene rings is 1. The van der Waals surface area contributed by atoms with Gasteiger partial charge in [-0.25, -0.2) is 4.39 Å². The molecule has 3 nitrogen and oxygen atoms in total. The Morgan fingerprint density at radius 3 is 2.57 bits per heavy atom. The summed E-state index contributed by atoms with van der Waals surface area (Å²) in [5.41, 5.74) is 0.229. The molecule has 0 aliphatic rings. The fraction of sp³-hybridized carbons (Fsp3) is 0.125. The number of phenols is 1. The van der Waals surface area contributed by atoms with Crippen molar-refractivity contribution in [2.75, 3.05) is 0 Å². The van der Waals surface area contributed by atoms with Crippen LogP contribution in [-0.2, 0) is 11.2 Å². The molecule has 0 saturated carbocycles. The van der Waals surface area contributed by atoms with Crippen molar-refractivity contribution < 1.29 is 19.4 Å². The molecule has 1 rings (SSSR count). The number of rotatable bonds is 2. The highest BCUT2D eigenvalue weighted by molar-refractivity contribution is 14.1. The molecule has 2 N–H and O–H groups in total. The van der Waals surface area contributed by atoms with Gasteiger partial charge in [-0.2, -0.15) is 0 Å². The maximum Gasteiger partial charge on any atom is 0.307 e. The Labute approximate surface area is 107 Å². The Bertz CT molecular complexity index is 393. The van der Waals surface area contributed by atoms with E-state index in [2.05, 4.69) is 0 Å². The molecule has 1 aromatic rings. The molecule has 0 heterocycles. The van der Waals surface area contributed by atoms with Crippen LogP contribution in [-0.4, -0.2) is 16.2 Å². The van der Waals surface area contributed by atoms with E-state index >= 15 is 0 Å². The molecule has 0 bridgehead atoms. The minimum Gasteiger partial charge on any atom is -0.506 e. The normalized spacial score (nSPS) is 10.2. The molecular weight excluding hydrogens is 417 g/mol. The number of aliphatic carboxylic acids is 1. The van der Waals surface area contributed by atoms with E-state index in [-0.39, 0.29) is 21.3 Å². The molecule has 1 aromatic carbocycles. The Balaban J connectivity index is 3.25. The van der Waals surface area contributed by atoms with Gasteiger partial charge in [0.15, 0.2) is 5.82 Å². The number of carboxylic acid groups (broad SMARTS) is 1. The molecule has 76 valence electrons. The first-order valence-electron chi connectivity index (χ1n) is 3.50. The summed E-state index contributed by atoms with van der Waals surface area (Å²) >= 11 is 3.40. The summed E-state index contributed by atoms with van der Waals surface area (Å²) in [6, 6.07) is 1.33. The van der Waals surface area contributed by atoms with Crippen LogP contribution in [0.1, 0.15) is 5.56 Å². The van der Waals surface area contributed by atoms with Crippen molar-refractivity contribution in [2.24, 2.45) is 0 Å². The van der Waals surface area contributed by atoms with Crippen LogP contribution in [0.5, 0.6) is 5.75 Å². The van der Waals surface area contributed by atoms with E-state index in [4.69, 9.17) is 5.11 Å². The van der Waals surface area contributed by atoms with Gasteiger partial charge in [-0.3, -0.25) is 4.79 Å². The van der Waals surface area contributed by atoms with Crippen LogP contribution in [0.25, 0.3) is 0 Å². The number of carboxylic acids is 1. The minimum absolute atomic E-state index is 0.0609. The van der Waals surface area contributed by atoms with Gasteiger partial charge < -0.3 is 10.2 Å². The van der Waals surface area contributed by atoms with Gasteiger partial charge in [0.1, 0.15) is 5.75 Å². The van der Waals surface area contributed by atoms with Crippen molar-refractivity contribution in [2.45, 2.75) is 6.42 Å². The van der Waals surface area contributed by atoms with Gasteiger partial charge in [0.25, 0.3) is 0 Å². The second-order valence-corrected chi connectivity index (χ2v) is 4.81. The van der Waals surface area contributed by atoms with E-state index in [0.29, 0.717) is 3.57 Å².